The van der Waals surface area contributed by atoms with Crippen LogP contribution in [0.5, 0.6) is 11.5 Å². The number of morpholine rings is 1. The Labute approximate surface area is 154 Å². The summed E-state index contributed by atoms with van der Waals surface area (Å²) in [5, 5.41) is 4.80. The molecule has 0 aliphatic carbocycles. The average Bonchev–Trinajstić information content (AvgIpc) is 3.16. The molecule has 1 N–H and O–H groups in total. The SMILES string of the molecule is O=C(Nc1ccc2c(c1)OCCO2)[C@@H]1COCC(=O)N1Cc1cccs1. The zero-order chi connectivity index (χ0) is 17.9. The molecule has 0 saturated carbocycles. The molecule has 136 valence electrons. The second-order valence-corrected chi connectivity index (χ2v) is 7.01. The maximum atomic E-state index is 12.8. The Bertz CT molecular complexity index is 808. The third-order valence-corrected chi connectivity index (χ3v) is 5.08. The van der Waals surface area contributed by atoms with Crippen molar-refractivity contribution in [1.29, 1.82) is 0 Å². The predicted octanol–water partition coefficient (Wildman–Crippen LogP) is 1.89. The first-order valence-electron chi connectivity index (χ1n) is 8.31. The van der Waals surface area contributed by atoms with Crippen LogP contribution >= 0.6 is 11.3 Å². The van der Waals surface area contributed by atoms with E-state index in [1.807, 2.05) is 17.5 Å². The van der Waals surface area contributed by atoms with E-state index in [2.05, 4.69) is 5.32 Å². The Morgan fingerprint density at radius 3 is 2.88 bits per heavy atom. The first kappa shape index (κ1) is 16.9. The Morgan fingerprint density at radius 2 is 2.08 bits per heavy atom. The van der Waals surface area contributed by atoms with Gasteiger partial charge in [0.05, 0.1) is 13.2 Å². The molecule has 0 bridgehead atoms. The van der Waals surface area contributed by atoms with E-state index in [0.29, 0.717) is 36.9 Å². The standard InChI is InChI=1S/C18H18N2O5S/c21-17-11-23-10-14(20(17)9-13-2-1-7-26-13)18(22)19-12-3-4-15-16(8-12)25-6-5-24-15/h1-4,7-8,14H,5-6,9-11H2,(H,19,22)/t14-/m0/s1. The smallest absolute Gasteiger partial charge is 0.249 e. The summed E-state index contributed by atoms with van der Waals surface area (Å²) < 4.78 is 16.3. The van der Waals surface area contributed by atoms with E-state index in [9.17, 15) is 9.59 Å². The average molecular weight is 374 g/mol. The van der Waals surface area contributed by atoms with E-state index in [-0.39, 0.29) is 25.0 Å². The number of amides is 2. The molecular weight excluding hydrogens is 356 g/mol. The highest BCUT2D eigenvalue weighted by molar-refractivity contribution is 7.09. The molecule has 4 rings (SSSR count). The molecule has 2 amide bonds. The van der Waals surface area contributed by atoms with Gasteiger partial charge in [-0.25, -0.2) is 0 Å². The summed E-state index contributed by atoms with van der Waals surface area (Å²) in [5.74, 6) is 0.781. The number of rotatable bonds is 4. The molecule has 8 heteroatoms. The third-order valence-electron chi connectivity index (χ3n) is 4.22. The monoisotopic (exact) mass is 374 g/mol. The number of hydrogen-bond acceptors (Lipinski definition) is 6. The molecule has 2 aromatic rings. The Morgan fingerprint density at radius 1 is 1.23 bits per heavy atom. The lowest BCUT2D eigenvalue weighted by atomic mass is 10.2. The van der Waals surface area contributed by atoms with Crippen molar-refractivity contribution in [3.8, 4) is 11.5 Å². The molecule has 1 aromatic carbocycles. The zero-order valence-corrected chi connectivity index (χ0v) is 14.8. The van der Waals surface area contributed by atoms with Crippen LogP contribution in [-0.2, 0) is 20.9 Å². The number of thiophene rings is 1. The van der Waals surface area contributed by atoms with Gasteiger partial charge < -0.3 is 24.4 Å². The van der Waals surface area contributed by atoms with E-state index >= 15 is 0 Å². The van der Waals surface area contributed by atoms with Crippen molar-refractivity contribution in [1.82, 2.24) is 4.90 Å². The van der Waals surface area contributed by atoms with Crippen molar-refractivity contribution in [2.45, 2.75) is 12.6 Å². The van der Waals surface area contributed by atoms with Crippen LogP contribution in [0.4, 0.5) is 5.69 Å². The molecular formula is C18H18N2O5S. The highest BCUT2D eigenvalue weighted by Gasteiger charge is 2.34. The molecule has 3 heterocycles. The normalized spacial score (nSPS) is 19.3. The quantitative estimate of drug-likeness (QED) is 0.884. The Kier molecular flexibility index (Phi) is 4.77. The molecule has 7 nitrogen and oxygen atoms in total. The number of nitrogens with one attached hydrogen (secondary N) is 1. The molecule has 26 heavy (non-hydrogen) atoms. The van der Waals surface area contributed by atoms with Crippen LogP contribution in [-0.4, -0.2) is 49.2 Å². The molecule has 0 unspecified atom stereocenters. The maximum absolute atomic E-state index is 12.8. The number of carbonyl (C=O) groups excluding carboxylic acids is 2. The summed E-state index contributed by atoms with van der Waals surface area (Å²) in [6, 6.07) is 8.43. The lowest BCUT2D eigenvalue weighted by Gasteiger charge is -2.34. The molecule has 2 aliphatic rings. The fraction of sp³-hybridized carbons (Fsp3) is 0.333. The van der Waals surface area contributed by atoms with Gasteiger partial charge in [-0.1, -0.05) is 6.07 Å². The summed E-state index contributed by atoms with van der Waals surface area (Å²) in [7, 11) is 0. The molecule has 1 saturated heterocycles. The van der Waals surface area contributed by atoms with E-state index in [1.54, 1.807) is 34.4 Å². The fourth-order valence-electron chi connectivity index (χ4n) is 2.94. The van der Waals surface area contributed by atoms with Gasteiger partial charge in [-0.2, -0.15) is 0 Å². The molecule has 1 aromatic heterocycles. The van der Waals surface area contributed by atoms with Gasteiger partial charge in [0.2, 0.25) is 11.8 Å². The number of hydrogen-bond donors (Lipinski definition) is 1. The number of benzene rings is 1. The van der Waals surface area contributed by atoms with Crippen LogP contribution in [0.2, 0.25) is 0 Å². The van der Waals surface area contributed by atoms with Crippen LogP contribution in [0.3, 0.4) is 0 Å². The summed E-state index contributed by atoms with van der Waals surface area (Å²) in [6.45, 7) is 1.56. The Hall–Kier alpha value is -2.58. The van der Waals surface area contributed by atoms with Gasteiger partial charge in [-0.15, -0.1) is 11.3 Å². The van der Waals surface area contributed by atoms with E-state index in [1.165, 1.54) is 0 Å². The zero-order valence-electron chi connectivity index (χ0n) is 14.0. The van der Waals surface area contributed by atoms with Gasteiger partial charge in [0.25, 0.3) is 0 Å². The largest absolute Gasteiger partial charge is 0.486 e. The topological polar surface area (TPSA) is 77.1 Å². The van der Waals surface area contributed by atoms with E-state index in [0.717, 1.165) is 4.88 Å². The highest BCUT2D eigenvalue weighted by atomic mass is 32.1. The summed E-state index contributed by atoms with van der Waals surface area (Å²) in [5.41, 5.74) is 0.591. The Balaban J connectivity index is 1.49. The van der Waals surface area contributed by atoms with Crippen molar-refractivity contribution >= 4 is 28.8 Å². The van der Waals surface area contributed by atoms with Gasteiger partial charge in [-0.3, -0.25) is 9.59 Å². The molecule has 1 fully saturated rings. The predicted molar refractivity (Wildman–Crippen MR) is 95.5 cm³/mol. The molecule has 2 aliphatic heterocycles. The lowest BCUT2D eigenvalue weighted by Crippen LogP contribution is -2.54. The second kappa shape index (κ2) is 7.35. The molecule has 1 atom stereocenters. The third kappa shape index (κ3) is 3.51. The first-order valence-corrected chi connectivity index (χ1v) is 9.19. The lowest BCUT2D eigenvalue weighted by molar-refractivity contribution is -0.153. The van der Waals surface area contributed by atoms with Gasteiger partial charge in [0, 0.05) is 16.6 Å². The van der Waals surface area contributed by atoms with Crippen molar-refractivity contribution in [2.24, 2.45) is 0 Å². The van der Waals surface area contributed by atoms with Crippen molar-refractivity contribution in [3.63, 3.8) is 0 Å². The summed E-state index contributed by atoms with van der Waals surface area (Å²) in [6.07, 6.45) is 0. The minimum Gasteiger partial charge on any atom is -0.486 e. The minimum atomic E-state index is -0.674. The van der Waals surface area contributed by atoms with Crippen molar-refractivity contribution in [3.05, 3.63) is 40.6 Å². The van der Waals surface area contributed by atoms with Gasteiger partial charge in [-0.05, 0) is 23.6 Å². The van der Waals surface area contributed by atoms with Crippen LogP contribution in [0, 0.1) is 0 Å². The second-order valence-electron chi connectivity index (χ2n) is 5.98. The van der Waals surface area contributed by atoms with Crippen LogP contribution in [0.15, 0.2) is 35.7 Å². The maximum Gasteiger partial charge on any atom is 0.249 e. The number of carbonyl (C=O) groups is 2. The van der Waals surface area contributed by atoms with Crippen LogP contribution in [0.1, 0.15) is 4.88 Å². The van der Waals surface area contributed by atoms with Crippen molar-refractivity contribution in [2.75, 3.05) is 31.7 Å². The molecule has 0 spiro atoms. The first-order chi connectivity index (χ1) is 12.7. The molecule has 0 radical (unpaired) electrons. The van der Waals surface area contributed by atoms with Gasteiger partial charge in [0.1, 0.15) is 25.9 Å². The fourth-order valence-corrected chi connectivity index (χ4v) is 3.64. The minimum absolute atomic E-state index is 0.000814. The number of ether oxygens (including phenoxy) is 3. The summed E-state index contributed by atoms with van der Waals surface area (Å²) >= 11 is 1.55. The van der Waals surface area contributed by atoms with E-state index < -0.39 is 6.04 Å². The van der Waals surface area contributed by atoms with Crippen molar-refractivity contribution < 1.29 is 23.8 Å². The van der Waals surface area contributed by atoms with Gasteiger partial charge >= 0.3 is 0 Å². The summed E-state index contributed by atoms with van der Waals surface area (Å²) in [4.78, 5) is 27.6. The van der Waals surface area contributed by atoms with E-state index in [4.69, 9.17) is 14.2 Å². The highest BCUT2D eigenvalue weighted by Crippen LogP contribution is 2.32. The van der Waals surface area contributed by atoms with Crippen LogP contribution in [0.25, 0.3) is 0 Å². The van der Waals surface area contributed by atoms with Crippen LogP contribution < -0.4 is 14.8 Å². The van der Waals surface area contributed by atoms with Gasteiger partial charge in [0.15, 0.2) is 11.5 Å². The number of fused-ring (bicyclic) bond motifs is 1. The number of anilines is 1. The number of nitrogens with zero attached hydrogens (tertiary/aromatic N) is 1.